The van der Waals surface area contributed by atoms with E-state index < -0.39 is 175 Å². The van der Waals surface area contributed by atoms with E-state index in [-0.39, 0.29) is 96.1 Å². The Kier molecular flexibility index (Phi) is 69.5. The van der Waals surface area contributed by atoms with Crippen LogP contribution in [0.2, 0.25) is 0 Å². The maximum absolute atomic E-state index is 12.9. The van der Waals surface area contributed by atoms with E-state index in [1.165, 1.54) is 74.9 Å². The van der Waals surface area contributed by atoms with Gasteiger partial charge in [0.25, 0.3) is 5.91 Å². The molecule has 0 bridgehead atoms. The summed E-state index contributed by atoms with van der Waals surface area (Å²) in [4.78, 5) is 195. The number of ether oxygens (including phenoxy) is 14. The maximum Gasteiger partial charge on any atom is 0.410 e. The van der Waals surface area contributed by atoms with Crippen LogP contribution in [0.1, 0.15) is 191 Å². The van der Waals surface area contributed by atoms with E-state index in [9.17, 15) is 103 Å². The number of para-hydroxylation sites is 2. The summed E-state index contributed by atoms with van der Waals surface area (Å²) in [6.07, 6.45) is -1.82. The Morgan fingerprint density at radius 2 is 0.732 bits per heavy atom. The molecule has 802 valence electrons. The standard InChI is InChI=1S/C27H35N3O10S.C17H20N2O5S.C13H23NO6.C10H16ClNO5.C9H16O4.C8H15NO4.C5H10O3.C2H2Cl2O/c1-5-7-13-29-21-14-19(15-22(41(28,35)36)25(21)40-20-11-9-8-10-12-20)27(34)38-17-23(31)30(4)16-24(32)39-18(3)26(33)37-6-2;1-2-3-9-19-14-10-12(17(20)21)11-15(25(18,22)23)16(14)24-13-7-5-4-6-8-13;1-7-18-11(16)9(2)19-10(15)8-14(6)12(17)20-13(3,4)5;1-4-16-10(15)7(2)17-9(14)6-12(3)8(13)5-11;1-4-6-8(10)13-7(3)9(11)12-5-2;1-8(2,3)13-7(12)9(4)5-6(10)11;1-3-8-5(7)4(2)6;3-1-2(4)5/h8-12,14-15,18,29H,5-7,13,16-17H2,1-4H3,(H2,28,35,36);4-8,10-11,19H,2-3,9H2,1H3,(H,20,21)(H2,18,22,23);9H,7-8H2,1-6H3;7H,4-6H2,1-3H3;7H,4-6H2,1-3H3;5H2,1-4H3,(H,10,11);4,6H,3H2,1-2H3;1H2/t18-;;9-;2*7-;;4-;/m0.000.0./s1. The summed E-state index contributed by atoms with van der Waals surface area (Å²) in [6, 6.07) is 21.7. The molecule has 142 heavy (non-hydrogen) atoms. The molecule has 0 heterocycles. The number of sulfonamides is 2. The van der Waals surface area contributed by atoms with Crippen LogP contribution in [0.15, 0.2) is 94.7 Å². The summed E-state index contributed by atoms with van der Waals surface area (Å²) in [5.41, 5.74) is -1.18. The van der Waals surface area contributed by atoms with Crippen LogP contribution in [0.4, 0.5) is 21.0 Å². The van der Waals surface area contributed by atoms with Gasteiger partial charge in [-0.15, -0.1) is 23.2 Å². The Morgan fingerprint density at radius 1 is 0.423 bits per heavy atom. The molecule has 4 amide bonds. The number of hydrogen-bond acceptors (Lipinski definition) is 38. The van der Waals surface area contributed by atoms with Crippen molar-refractivity contribution in [3.8, 4) is 23.0 Å². The molecule has 4 aromatic carbocycles. The van der Waals surface area contributed by atoms with Crippen molar-refractivity contribution in [3.63, 3.8) is 0 Å². The second-order valence-electron chi connectivity index (χ2n) is 31.0. The van der Waals surface area contributed by atoms with Gasteiger partial charge in [0.1, 0.15) is 70.7 Å². The number of nitrogens with one attached hydrogen (secondary N) is 2. The van der Waals surface area contributed by atoms with Crippen LogP contribution in [0.3, 0.4) is 0 Å². The van der Waals surface area contributed by atoms with Crippen molar-refractivity contribution in [1.82, 2.24) is 19.6 Å². The number of amides is 4. The number of anilines is 2. The number of primary sulfonamides is 2. The molecule has 46 nitrogen and oxygen atoms in total. The van der Waals surface area contributed by atoms with Crippen molar-refractivity contribution < 1.29 is 180 Å². The van der Waals surface area contributed by atoms with Gasteiger partial charge in [-0.3, -0.25) is 38.4 Å². The molecule has 5 atom stereocenters. The molecule has 51 heteroatoms. The van der Waals surface area contributed by atoms with E-state index >= 15 is 0 Å². The number of aliphatic hydroxyl groups excluding tert-OH is 1. The molecule has 0 saturated carbocycles. The molecular formula is C91H137Cl3N8O38S2. The van der Waals surface area contributed by atoms with Crippen molar-refractivity contribution in [1.29, 1.82) is 0 Å². The second-order valence-corrected chi connectivity index (χ2v) is 35.0. The number of aromatic carboxylic acids is 1. The quantitative estimate of drug-likeness (QED) is 0.00711. The zero-order chi connectivity index (χ0) is 110. The van der Waals surface area contributed by atoms with Crippen LogP contribution in [0.25, 0.3) is 0 Å². The first-order valence-corrected chi connectivity index (χ1v) is 48.4. The fourth-order valence-electron chi connectivity index (χ4n) is 9.20. The number of halogens is 3. The van der Waals surface area contributed by atoms with Gasteiger partial charge in [0, 0.05) is 47.7 Å². The smallest absolute Gasteiger partial charge is 0.410 e. The van der Waals surface area contributed by atoms with Crippen LogP contribution in [0, 0.1) is 0 Å². The molecule has 9 N–H and O–H groups in total. The number of unbranched alkanes of at least 4 members (excludes halogenated alkanes) is 2. The molecule has 0 aliphatic carbocycles. The van der Waals surface area contributed by atoms with Crippen LogP contribution < -0.4 is 30.4 Å². The van der Waals surface area contributed by atoms with Crippen LogP contribution >= 0.6 is 34.8 Å². The monoisotopic (exact) mass is 2120 g/mol. The highest BCUT2D eigenvalue weighted by Crippen LogP contribution is 2.39. The number of carbonyl (C=O) groups excluding carboxylic acids is 15. The first-order chi connectivity index (χ1) is 66.0. The predicted octanol–water partition coefficient (Wildman–Crippen LogP) is 10.2. The number of carboxylic acid groups (broad SMARTS) is 2. The highest BCUT2D eigenvalue weighted by atomic mass is 35.5. The van der Waals surface area contributed by atoms with E-state index in [0.29, 0.717) is 50.6 Å². The summed E-state index contributed by atoms with van der Waals surface area (Å²) < 4.78 is 118. The van der Waals surface area contributed by atoms with Crippen LogP contribution in [-0.2, 0) is 139 Å². The topological polar surface area (TPSA) is 637 Å². The number of aliphatic hydroxyl groups is 1. The number of benzene rings is 4. The van der Waals surface area contributed by atoms with Gasteiger partial charge in [0.2, 0.25) is 31.2 Å². The molecule has 0 radical (unpaired) electrons. The molecule has 0 unspecified atom stereocenters. The summed E-state index contributed by atoms with van der Waals surface area (Å²) >= 11 is 14.9. The Labute approximate surface area is 842 Å². The third-order valence-corrected chi connectivity index (χ3v) is 18.5. The lowest BCUT2D eigenvalue weighted by molar-refractivity contribution is -0.167. The Balaban J connectivity index is -0.000000821. The van der Waals surface area contributed by atoms with Gasteiger partial charge < -0.3 is 112 Å². The molecule has 0 fully saturated rings. The van der Waals surface area contributed by atoms with Gasteiger partial charge in [-0.2, -0.15) is 0 Å². The van der Waals surface area contributed by atoms with Gasteiger partial charge in [0.15, 0.2) is 42.5 Å². The van der Waals surface area contributed by atoms with Gasteiger partial charge in [-0.1, -0.05) is 70.0 Å². The molecule has 0 aliphatic rings. The average Bonchev–Trinajstić information content (AvgIpc) is 0.844. The summed E-state index contributed by atoms with van der Waals surface area (Å²) in [5.74, 6) is -9.81. The summed E-state index contributed by atoms with van der Waals surface area (Å²) in [5, 5.41) is 42.4. The second kappa shape index (κ2) is 72.7. The lowest BCUT2D eigenvalue weighted by atomic mass is 10.1. The Bertz CT molecular complexity index is 4890. The highest BCUT2D eigenvalue weighted by molar-refractivity contribution is 7.89. The number of nitrogens with two attached hydrogens (primary N) is 2. The van der Waals surface area contributed by atoms with E-state index in [1.54, 1.807) is 137 Å². The largest absolute Gasteiger partial charge is 0.480 e. The van der Waals surface area contributed by atoms with Crippen molar-refractivity contribution >= 4 is 167 Å². The Hall–Kier alpha value is -12.5. The lowest BCUT2D eigenvalue weighted by Crippen LogP contribution is -2.39. The van der Waals surface area contributed by atoms with Crippen LogP contribution in [0.5, 0.6) is 23.0 Å². The molecule has 0 saturated heterocycles. The predicted molar refractivity (Wildman–Crippen MR) is 518 cm³/mol. The molecule has 4 rings (SSSR count). The third-order valence-electron chi connectivity index (χ3n) is 15.9. The van der Waals surface area contributed by atoms with Crippen molar-refractivity contribution in [2.75, 3.05) is 129 Å². The number of carboxylic acids is 2. The number of likely N-dealkylation sites (N-methyl/N-ethyl adjacent to an activating group) is 4. The molecule has 0 aliphatic heterocycles. The molecule has 0 aromatic heterocycles. The Morgan fingerprint density at radius 3 is 1.01 bits per heavy atom. The lowest BCUT2D eigenvalue weighted by Gasteiger charge is -2.24. The normalized spacial score (nSPS) is 11.5. The van der Waals surface area contributed by atoms with Gasteiger partial charge in [-0.05, 0) is 190 Å². The van der Waals surface area contributed by atoms with Gasteiger partial charge >= 0.3 is 83.8 Å². The first kappa shape index (κ1) is 136. The maximum atomic E-state index is 12.9. The highest BCUT2D eigenvalue weighted by Gasteiger charge is 2.31. The number of hydrogen-bond donors (Lipinski definition) is 7. The number of aliphatic carboxylic acids is 1. The van der Waals surface area contributed by atoms with Crippen LogP contribution in [-0.4, -0.2) is 313 Å². The van der Waals surface area contributed by atoms with Crippen molar-refractivity contribution in [2.24, 2.45) is 10.3 Å². The van der Waals surface area contributed by atoms with Crippen molar-refractivity contribution in [3.05, 3.63) is 96.1 Å². The molecule has 4 aromatic rings. The zero-order valence-corrected chi connectivity index (χ0v) is 88.0. The third kappa shape index (κ3) is 64.1. The van der Waals surface area contributed by atoms with E-state index in [4.69, 9.17) is 107 Å². The summed E-state index contributed by atoms with van der Waals surface area (Å²) in [6.45, 7) is 31.5. The number of rotatable bonds is 44. The first-order valence-electron chi connectivity index (χ1n) is 43.9. The average molecular weight is 2120 g/mol. The zero-order valence-electron chi connectivity index (χ0n) is 84.1. The minimum Gasteiger partial charge on any atom is -0.480 e. The minimum atomic E-state index is -4.37. The van der Waals surface area contributed by atoms with E-state index in [1.807, 2.05) is 20.8 Å². The number of alkyl halides is 2. The van der Waals surface area contributed by atoms with E-state index in [0.717, 1.165) is 57.4 Å². The molecule has 0 spiro atoms. The fraction of sp³-hybridized carbons (Fsp3) is 0.549. The molecular weight excluding hydrogens is 1980 g/mol. The SMILES string of the molecule is CCCC(=O)O[C@@H](C)C(=O)OCC.CCCCNc1cc(C(=O)O)cc(S(N)(=O)=O)c1Oc1ccccc1.CCCCNc1cc(C(=O)OCC(=O)N(C)CC(=O)O[C@@H](C)C(=O)OCC)cc(S(N)(=O)=O)c1Oc1ccccc1.CCOC(=O)[C@H](C)O.CCOC(=O)[C@H](C)OC(=O)CN(C)C(=O)CCl.CCOC(=O)[C@H](C)OC(=O)CN(C)C(=O)OC(C)(C)C.CN(CC(=O)O)C(=O)OC(C)(C)C.O=C(Cl)CCl. The number of esters is 10. The fourth-order valence-corrected chi connectivity index (χ4v) is 10.8. The van der Waals surface area contributed by atoms with E-state index in [2.05, 4.69) is 24.8 Å². The minimum absolute atomic E-state index is 0.0187. The summed E-state index contributed by atoms with van der Waals surface area (Å²) in [7, 11) is -3.09. The van der Waals surface area contributed by atoms with Gasteiger partial charge in [0.05, 0.1) is 61.4 Å². The number of carbonyl (C=O) groups is 17. The van der Waals surface area contributed by atoms with Gasteiger partial charge in [-0.25, -0.2) is 70.3 Å². The number of nitrogens with zero attached hydrogens (tertiary/aromatic N) is 4. The van der Waals surface area contributed by atoms with Crippen molar-refractivity contribution in [2.45, 2.75) is 222 Å².